The minimum atomic E-state index is -4.67. The van der Waals surface area contributed by atoms with E-state index in [1.165, 1.54) is 25.3 Å². The predicted molar refractivity (Wildman–Crippen MR) is 55.2 cm³/mol. The minimum absolute atomic E-state index is 0.252. The molecule has 0 bridgehead atoms. The summed E-state index contributed by atoms with van der Waals surface area (Å²) in [5.74, 6) is 0.531. The van der Waals surface area contributed by atoms with E-state index in [0.29, 0.717) is 5.56 Å². The number of methoxy groups -OCH3 is 1. The molecule has 18 heavy (non-hydrogen) atoms. The first-order chi connectivity index (χ1) is 8.46. The summed E-state index contributed by atoms with van der Waals surface area (Å²) in [5, 5.41) is 8.66. The summed E-state index contributed by atoms with van der Waals surface area (Å²) in [6, 6.07) is 6.26. The molecule has 0 spiro atoms. The fourth-order valence-electron chi connectivity index (χ4n) is 1.17. The van der Waals surface area contributed by atoms with Crippen molar-refractivity contribution in [2.24, 2.45) is 0 Å². The van der Waals surface area contributed by atoms with Crippen molar-refractivity contribution >= 4 is 0 Å². The topological polar surface area (TPSA) is 51.5 Å². The molecule has 0 saturated heterocycles. The van der Waals surface area contributed by atoms with Crippen molar-refractivity contribution in [3.05, 3.63) is 23.8 Å². The van der Waals surface area contributed by atoms with Gasteiger partial charge in [0.25, 0.3) is 0 Å². The zero-order chi connectivity index (χ0) is 13.6. The molecule has 1 rings (SSSR count). The molecule has 4 nitrogen and oxygen atoms in total. The Hall–Kier alpha value is -1.94. The summed E-state index contributed by atoms with van der Waals surface area (Å²) in [6.07, 6.45) is -4.67. The van der Waals surface area contributed by atoms with Gasteiger partial charge in [0.1, 0.15) is 6.61 Å². The maximum absolute atomic E-state index is 11.7. The van der Waals surface area contributed by atoms with Gasteiger partial charge in [-0.25, -0.2) is 0 Å². The summed E-state index contributed by atoms with van der Waals surface area (Å²) in [6.45, 7) is -0.894. The molecular formula is C11H10F3NO3. The van der Waals surface area contributed by atoms with Crippen LogP contribution in [-0.4, -0.2) is 26.7 Å². The molecule has 1 aromatic rings. The van der Waals surface area contributed by atoms with E-state index < -0.39 is 13.0 Å². The Morgan fingerprint density at radius 3 is 2.50 bits per heavy atom. The molecule has 1 aromatic carbocycles. The van der Waals surface area contributed by atoms with Crippen LogP contribution in [0, 0.1) is 11.3 Å². The molecule has 7 heteroatoms. The van der Waals surface area contributed by atoms with Crippen LogP contribution in [0.3, 0.4) is 0 Å². The molecule has 0 fully saturated rings. The Balaban J connectivity index is 2.55. The van der Waals surface area contributed by atoms with Gasteiger partial charge in [0.05, 0.1) is 25.3 Å². The Kier molecular flexibility index (Phi) is 4.80. The highest BCUT2D eigenvalue weighted by Crippen LogP contribution is 2.27. The van der Waals surface area contributed by atoms with Gasteiger partial charge < -0.3 is 9.47 Å². The van der Waals surface area contributed by atoms with Gasteiger partial charge in [0.15, 0.2) is 11.5 Å². The van der Waals surface area contributed by atoms with Gasteiger partial charge in [-0.1, -0.05) is 0 Å². The molecule has 0 aliphatic carbocycles. The van der Waals surface area contributed by atoms with Gasteiger partial charge in [-0.3, -0.25) is 4.74 Å². The van der Waals surface area contributed by atoms with E-state index in [1.807, 2.05) is 6.07 Å². The molecule has 0 aliphatic rings. The van der Waals surface area contributed by atoms with Crippen molar-refractivity contribution in [3.63, 3.8) is 0 Å². The molecule has 98 valence electrons. The lowest BCUT2D eigenvalue weighted by molar-refractivity contribution is -0.325. The monoisotopic (exact) mass is 261 g/mol. The Morgan fingerprint density at radius 2 is 1.94 bits per heavy atom. The number of ether oxygens (including phenoxy) is 3. The number of hydrogen-bond acceptors (Lipinski definition) is 4. The van der Waals surface area contributed by atoms with E-state index in [4.69, 9.17) is 14.7 Å². The number of hydrogen-bond donors (Lipinski definition) is 0. The first kappa shape index (κ1) is 14.1. The Labute approximate surface area is 101 Å². The van der Waals surface area contributed by atoms with E-state index in [0.717, 1.165) is 0 Å². The van der Waals surface area contributed by atoms with Gasteiger partial charge in [-0.2, -0.15) is 5.26 Å². The summed E-state index contributed by atoms with van der Waals surface area (Å²) >= 11 is 0. The van der Waals surface area contributed by atoms with E-state index in [2.05, 4.69) is 4.74 Å². The first-order valence-electron chi connectivity index (χ1n) is 4.88. The van der Waals surface area contributed by atoms with E-state index in [1.54, 1.807) is 0 Å². The normalized spacial score (nSPS) is 10.8. The number of rotatable bonds is 5. The molecular weight excluding hydrogens is 251 g/mol. The number of nitriles is 1. The van der Waals surface area contributed by atoms with Gasteiger partial charge in [0, 0.05) is 6.07 Å². The van der Waals surface area contributed by atoms with Crippen LogP contribution in [0.15, 0.2) is 18.2 Å². The van der Waals surface area contributed by atoms with Crippen LogP contribution in [0.4, 0.5) is 13.2 Å². The second-order valence-corrected chi connectivity index (χ2v) is 3.12. The van der Waals surface area contributed by atoms with Crippen molar-refractivity contribution in [2.45, 2.75) is 6.36 Å². The molecule has 0 unspecified atom stereocenters. The van der Waals surface area contributed by atoms with Crippen LogP contribution in [0.2, 0.25) is 0 Å². The third-order valence-electron chi connectivity index (χ3n) is 1.90. The van der Waals surface area contributed by atoms with E-state index >= 15 is 0 Å². The van der Waals surface area contributed by atoms with Gasteiger partial charge >= 0.3 is 6.36 Å². The number of nitrogens with zero attached hydrogens (tertiary/aromatic N) is 1. The zero-order valence-electron chi connectivity index (χ0n) is 9.45. The van der Waals surface area contributed by atoms with Crippen molar-refractivity contribution in [1.82, 2.24) is 0 Å². The lowest BCUT2D eigenvalue weighted by atomic mass is 10.2. The third-order valence-corrected chi connectivity index (χ3v) is 1.90. The fraction of sp³-hybridized carbons (Fsp3) is 0.364. The first-order valence-corrected chi connectivity index (χ1v) is 4.88. The van der Waals surface area contributed by atoms with E-state index in [9.17, 15) is 13.2 Å². The summed E-state index contributed by atoms with van der Waals surface area (Å²) < 4.78 is 48.6. The third kappa shape index (κ3) is 4.51. The van der Waals surface area contributed by atoms with Crippen molar-refractivity contribution in [3.8, 4) is 17.6 Å². The summed E-state index contributed by atoms with van der Waals surface area (Å²) in [5.41, 5.74) is 0.366. The van der Waals surface area contributed by atoms with Crippen molar-refractivity contribution in [1.29, 1.82) is 5.26 Å². The lowest BCUT2D eigenvalue weighted by Crippen LogP contribution is -2.18. The van der Waals surface area contributed by atoms with Crippen LogP contribution in [0.1, 0.15) is 5.56 Å². The van der Waals surface area contributed by atoms with Crippen LogP contribution in [0.5, 0.6) is 11.5 Å². The standard InChI is InChI=1S/C11H10F3NO3/c1-16-10-6-8(7-15)2-3-9(10)17-4-5-18-11(12,13)14/h2-3,6H,4-5H2,1H3. The quantitative estimate of drug-likeness (QED) is 0.764. The van der Waals surface area contributed by atoms with Crippen molar-refractivity contribution in [2.75, 3.05) is 20.3 Å². The van der Waals surface area contributed by atoms with Crippen LogP contribution in [0.25, 0.3) is 0 Å². The van der Waals surface area contributed by atoms with E-state index in [-0.39, 0.29) is 18.1 Å². The Bertz CT molecular complexity index is 440. The molecule has 0 aliphatic heterocycles. The maximum Gasteiger partial charge on any atom is 0.522 e. The van der Waals surface area contributed by atoms with Gasteiger partial charge in [0.2, 0.25) is 0 Å². The number of alkyl halides is 3. The Morgan fingerprint density at radius 1 is 1.22 bits per heavy atom. The second-order valence-electron chi connectivity index (χ2n) is 3.12. The summed E-state index contributed by atoms with van der Waals surface area (Å²) in [4.78, 5) is 0. The largest absolute Gasteiger partial charge is 0.522 e. The summed E-state index contributed by atoms with van der Waals surface area (Å²) in [7, 11) is 1.37. The lowest BCUT2D eigenvalue weighted by Gasteiger charge is -2.11. The van der Waals surface area contributed by atoms with Crippen LogP contribution in [-0.2, 0) is 4.74 Å². The van der Waals surface area contributed by atoms with Crippen LogP contribution >= 0.6 is 0 Å². The highest BCUT2D eigenvalue weighted by molar-refractivity contribution is 5.46. The molecule has 0 atom stereocenters. The molecule has 0 aromatic heterocycles. The predicted octanol–water partition coefficient (Wildman–Crippen LogP) is 2.48. The number of benzene rings is 1. The molecule has 0 heterocycles. The second kappa shape index (κ2) is 6.12. The van der Waals surface area contributed by atoms with Gasteiger partial charge in [-0.15, -0.1) is 13.2 Å². The average molecular weight is 261 g/mol. The molecule has 0 amide bonds. The van der Waals surface area contributed by atoms with Gasteiger partial charge in [-0.05, 0) is 12.1 Å². The highest BCUT2D eigenvalue weighted by Gasteiger charge is 2.28. The molecule has 0 radical (unpaired) electrons. The smallest absolute Gasteiger partial charge is 0.493 e. The zero-order valence-corrected chi connectivity index (χ0v) is 9.45. The maximum atomic E-state index is 11.7. The molecule has 0 N–H and O–H groups in total. The van der Waals surface area contributed by atoms with Crippen LogP contribution < -0.4 is 9.47 Å². The minimum Gasteiger partial charge on any atom is -0.493 e. The fourth-order valence-corrected chi connectivity index (χ4v) is 1.17. The number of halogens is 3. The SMILES string of the molecule is COc1cc(C#N)ccc1OCCOC(F)(F)F. The average Bonchev–Trinajstić information content (AvgIpc) is 2.33. The van der Waals surface area contributed by atoms with Crippen molar-refractivity contribution < 1.29 is 27.4 Å². The molecule has 0 saturated carbocycles. The highest BCUT2D eigenvalue weighted by atomic mass is 19.4.